The number of carbonyl (C=O) groups is 1. The molecular formula is C20H24F2N2O4S. The van der Waals surface area contributed by atoms with E-state index < -0.39 is 27.8 Å². The maximum atomic E-state index is 13.9. The van der Waals surface area contributed by atoms with Crippen LogP contribution in [0.1, 0.15) is 26.3 Å². The van der Waals surface area contributed by atoms with Crippen LogP contribution in [0, 0.1) is 17.6 Å². The fraction of sp³-hybridized carbons (Fsp3) is 0.350. The van der Waals surface area contributed by atoms with Gasteiger partial charge in [0.2, 0.25) is 0 Å². The van der Waals surface area contributed by atoms with Gasteiger partial charge in [-0.15, -0.1) is 0 Å². The lowest BCUT2D eigenvalue weighted by molar-refractivity contribution is 0.201. The molecule has 0 aliphatic heterocycles. The third-order valence-electron chi connectivity index (χ3n) is 3.89. The first-order valence-corrected chi connectivity index (χ1v) is 10.7. The Morgan fingerprint density at radius 2 is 1.90 bits per heavy atom. The second-order valence-electron chi connectivity index (χ2n) is 6.91. The van der Waals surface area contributed by atoms with Gasteiger partial charge >= 0.3 is 16.1 Å². The number of nitrogens with zero attached hydrogens (tertiary/aromatic N) is 1. The number of amides is 2. The predicted octanol–water partition coefficient (Wildman–Crippen LogP) is 4.38. The van der Waals surface area contributed by atoms with Crippen LogP contribution < -0.4 is 9.50 Å². The number of benzene rings is 2. The van der Waals surface area contributed by atoms with Gasteiger partial charge < -0.3 is 14.4 Å². The van der Waals surface area contributed by atoms with Gasteiger partial charge in [-0.2, -0.15) is 8.42 Å². The first-order chi connectivity index (χ1) is 13.6. The third kappa shape index (κ3) is 7.01. The van der Waals surface area contributed by atoms with Gasteiger partial charge in [0.1, 0.15) is 17.4 Å². The van der Waals surface area contributed by atoms with Crippen molar-refractivity contribution in [2.24, 2.45) is 5.92 Å². The minimum Gasteiger partial charge on any atom is -0.382 e. The molecule has 29 heavy (non-hydrogen) atoms. The third-order valence-corrected chi connectivity index (χ3v) is 5.05. The van der Waals surface area contributed by atoms with Crippen molar-refractivity contribution in [3.8, 4) is 5.75 Å². The monoisotopic (exact) mass is 426 g/mol. The number of anilines is 1. The molecule has 2 rings (SSSR count). The standard InChI is InChI=1S/C20H24F2N2O4S/c1-4-29(26,27)28-17-7-5-6-15(10-17)13-24(12-14(2)3)20(25)23-19-9-8-16(21)11-18(19)22/h5-11,14H,4,12-13H2,1-3H3,(H,23,25). The number of urea groups is 1. The molecule has 0 heterocycles. The second-order valence-corrected chi connectivity index (χ2v) is 8.77. The summed E-state index contributed by atoms with van der Waals surface area (Å²) >= 11 is 0. The Kier molecular flexibility index (Phi) is 7.55. The molecule has 0 atom stereocenters. The van der Waals surface area contributed by atoms with Crippen molar-refractivity contribution in [1.29, 1.82) is 0 Å². The molecule has 2 amide bonds. The summed E-state index contributed by atoms with van der Waals surface area (Å²) in [7, 11) is -3.67. The van der Waals surface area contributed by atoms with Crippen LogP contribution in [0.2, 0.25) is 0 Å². The molecule has 0 aliphatic rings. The van der Waals surface area contributed by atoms with E-state index in [1.54, 1.807) is 12.1 Å². The molecule has 9 heteroatoms. The summed E-state index contributed by atoms with van der Waals surface area (Å²) in [5.74, 6) is -1.50. The molecule has 2 aromatic carbocycles. The van der Waals surface area contributed by atoms with Gasteiger partial charge in [-0.3, -0.25) is 0 Å². The van der Waals surface area contributed by atoms with Gasteiger partial charge in [-0.25, -0.2) is 13.6 Å². The zero-order chi connectivity index (χ0) is 21.6. The molecule has 0 saturated heterocycles. The highest BCUT2D eigenvalue weighted by Gasteiger charge is 2.18. The van der Waals surface area contributed by atoms with Crippen molar-refractivity contribution >= 4 is 21.8 Å². The highest BCUT2D eigenvalue weighted by Crippen LogP contribution is 2.20. The Morgan fingerprint density at radius 1 is 1.17 bits per heavy atom. The van der Waals surface area contributed by atoms with E-state index in [9.17, 15) is 22.0 Å². The molecule has 2 aromatic rings. The highest BCUT2D eigenvalue weighted by molar-refractivity contribution is 7.87. The van der Waals surface area contributed by atoms with Gasteiger partial charge in [0.25, 0.3) is 0 Å². The molecule has 0 saturated carbocycles. The van der Waals surface area contributed by atoms with Crippen molar-refractivity contribution in [1.82, 2.24) is 4.90 Å². The van der Waals surface area contributed by atoms with Crippen LogP contribution in [0.25, 0.3) is 0 Å². The summed E-state index contributed by atoms with van der Waals surface area (Å²) < 4.78 is 55.2. The normalized spacial score (nSPS) is 11.4. The van der Waals surface area contributed by atoms with Crippen molar-refractivity contribution in [3.63, 3.8) is 0 Å². The highest BCUT2D eigenvalue weighted by atomic mass is 32.2. The molecule has 158 valence electrons. The fourth-order valence-corrected chi connectivity index (χ4v) is 3.08. The molecular weight excluding hydrogens is 402 g/mol. The van der Waals surface area contributed by atoms with Crippen LogP contribution in [0.5, 0.6) is 5.75 Å². The largest absolute Gasteiger partial charge is 0.382 e. The minimum atomic E-state index is -3.67. The number of hydrogen-bond donors (Lipinski definition) is 1. The molecule has 0 spiro atoms. The van der Waals surface area contributed by atoms with Gasteiger partial charge in [0.15, 0.2) is 0 Å². The van der Waals surface area contributed by atoms with Gasteiger partial charge in [-0.1, -0.05) is 26.0 Å². The Morgan fingerprint density at radius 3 is 2.52 bits per heavy atom. The maximum Gasteiger partial charge on any atom is 0.322 e. The van der Waals surface area contributed by atoms with Crippen LogP contribution in [0.3, 0.4) is 0 Å². The van der Waals surface area contributed by atoms with Crippen LogP contribution in [-0.4, -0.2) is 31.6 Å². The number of rotatable bonds is 8. The zero-order valence-electron chi connectivity index (χ0n) is 16.5. The second kappa shape index (κ2) is 9.69. The van der Waals surface area contributed by atoms with Crippen molar-refractivity contribution in [3.05, 3.63) is 59.7 Å². The Balaban J connectivity index is 2.19. The summed E-state index contributed by atoms with van der Waals surface area (Å²) in [5.41, 5.74) is 0.514. The topological polar surface area (TPSA) is 75.7 Å². The van der Waals surface area contributed by atoms with Gasteiger partial charge in [-0.05, 0) is 42.7 Å². The molecule has 0 aliphatic carbocycles. The van der Waals surface area contributed by atoms with Crippen LogP contribution >= 0.6 is 0 Å². The van der Waals surface area contributed by atoms with Gasteiger partial charge in [0.05, 0.1) is 11.4 Å². The minimum absolute atomic E-state index is 0.124. The Labute approximate surface area is 169 Å². The Hall–Kier alpha value is -2.68. The molecule has 0 bridgehead atoms. The summed E-state index contributed by atoms with van der Waals surface area (Å²) in [5, 5.41) is 2.44. The number of hydrogen-bond acceptors (Lipinski definition) is 4. The van der Waals surface area contributed by atoms with Crippen molar-refractivity contribution in [2.45, 2.75) is 27.3 Å². The SMILES string of the molecule is CCS(=O)(=O)Oc1cccc(CN(CC(C)C)C(=O)Nc2ccc(F)cc2F)c1. The van der Waals surface area contributed by atoms with Crippen LogP contribution in [-0.2, 0) is 16.7 Å². The summed E-state index contributed by atoms with van der Waals surface area (Å²) in [6.45, 7) is 5.84. The van der Waals surface area contributed by atoms with Crippen LogP contribution in [0.15, 0.2) is 42.5 Å². The summed E-state index contributed by atoms with van der Waals surface area (Å²) in [4.78, 5) is 14.1. The van der Waals surface area contributed by atoms with Crippen molar-refractivity contribution < 1.29 is 26.2 Å². The van der Waals surface area contributed by atoms with Crippen molar-refractivity contribution in [2.75, 3.05) is 17.6 Å². The first-order valence-electron chi connectivity index (χ1n) is 9.11. The van der Waals surface area contributed by atoms with E-state index in [0.29, 0.717) is 18.2 Å². The number of nitrogens with one attached hydrogen (secondary N) is 1. The molecule has 0 aromatic heterocycles. The van der Waals surface area contributed by atoms with Gasteiger partial charge in [0, 0.05) is 19.2 Å². The van der Waals surface area contributed by atoms with E-state index in [0.717, 1.165) is 12.1 Å². The lowest BCUT2D eigenvalue weighted by Gasteiger charge is -2.25. The lowest BCUT2D eigenvalue weighted by atomic mass is 10.1. The quantitative estimate of drug-likeness (QED) is 0.636. The molecule has 0 radical (unpaired) electrons. The maximum absolute atomic E-state index is 13.9. The lowest BCUT2D eigenvalue weighted by Crippen LogP contribution is -2.37. The zero-order valence-corrected chi connectivity index (χ0v) is 17.3. The average Bonchev–Trinajstić information content (AvgIpc) is 2.63. The molecule has 1 N–H and O–H groups in total. The molecule has 6 nitrogen and oxygen atoms in total. The van der Waals surface area contributed by atoms with E-state index in [-0.39, 0.29) is 29.7 Å². The first kappa shape index (κ1) is 22.6. The Bertz CT molecular complexity index is 965. The van der Waals surface area contributed by atoms with E-state index in [1.807, 2.05) is 13.8 Å². The smallest absolute Gasteiger partial charge is 0.322 e. The predicted molar refractivity (Wildman–Crippen MR) is 107 cm³/mol. The van der Waals surface area contributed by atoms with Crippen LogP contribution in [0.4, 0.5) is 19.3 Å². The fourth-order valence-electron chi connectivity index (χ4n) is 2.57. The number of carbonyl (C=O) groups excluding carboxylic acids is 1. The van der Waals surface area contributed by atoms with E-state index in [2.05, 4.69) is 5.32 Å². The molecule has 0 fully saturated rings. The number of halogens is 2. The summed E-state index contributed by atoms with van der Waals surface area (Å²) in [6.07, 6.45) is 0. The molecule has 0 unspecified atom stereocenters. The summed E-state index contributed by atoms with van der Waals surface area (Å²) in [6, 6.07) is 8.74. The van der Waals surface area contributed by atoms with E-state index in [1.165, 1.54) is 24.0 Å². The van der Waals surface area contributed by atoms with E-state index >= 15 is 0 Å². The van der Waals surface area contributed by atoms with E-state index in [4.69, 9.17) is 4.18 Å². The average molecular weight is 426 g/mol.